The van der Waals surface area contributed by atoms with Gasteiger partial charge in [-0.2, -0.15) is 19.2 Å². The van der Waals surface area contributed by atoms with Crippen molar-refractivity contribution in [2.75, 3.05) is 61.1 Å². The van der Waals surface area contributed by atoms with Gasteiger partial charge in [-0.3, -0.25) is 0 Å². The molecular formula is C46H77IN4O10. The van der Waals surface area contributed by atoms with Gasteiger partial charge in [0.15, 0.2) is 0 Å². The second-order valence-corrected chi connectivity index (χ2v) is 15.9. The van der Waals surface area contributed by atoms with E-state index >= 15 is 0 Å². The number of likely N-dealkylation sites (N-methyl/N-ethyl adjacent to an activating group) is 2. The van der Waals surface area contributed by atoms with Crippen molar-refractivity contribution in [1.29, 1.82) is 0 Å². The van der Waals surface area contributed by atoms with Gasteiger partial charge in [0, 0.05) is 74.9 Å². The Labute approximate surface area is 380 Å². The molecule has 0 saturated carbocycles. The van der Waals surface area contributed by atoms with Crippen LogP contribution in [0.3, 0.4) is 0 Å². The van der Waals surface area contributed by atoms with Crippen LogP contribution in [0.1, 0.15) is 119 Å². The molecule has 2 amide bonds. The van der Waals surface area contributed by atoms with E-state index in [1.807, 2.05) is 63.5 Å². The van der Waals surface area contributed by atoms with Crippen LogP contribution in [0.2, 0.25) is 0 Å². The average Bonchev–Trinajstić information content (AvgIpc) is 3.86. The monoisotopic (exact) mass is 972 g/mol. The summed E-state index contributed by atoms with van der Waals surface area (Å²) in [7, 11) is 1.71. The van der Waals surface area contributed by atoms with Crippen LogP contribution in [0.15, 0.2) is 24.3 Å². The largest absolute Gasteiger partial charge is 0.508 e. The van der Waals surface area contributed by atoms with Gasteiger partial charge in [-0.25, -0.2) is 9.59 Å². The van der Waals surface area contributed by atoms with Gasteiger partial charge in [0.1, 0.15) is 22.7 Å². The number of anilines is 2. The highest BCUT2D eigenvalue weighted by atomic mass is 127. The van der Waals surface area contributed by atoms with Crippen LogP contribution in [-0.4, -0.2) is 114 Å². The number of phenols is 1. The lowest BCUT2D eigenvalue weighted by Crippen LogP contribution is -2.40. The zero-order chi connectivity index (χ0) is 45.7. The lowest BCUT2D eigenvalue weighted by molar-refractivity contribution is -0.193. The molecule has 0 spiro atoms. The van der Waals surface area contributed by atoms with Gasteiger partial charge < -0.3 is 38.9 Å². The maximum absolute atomic E-state index is 12.4. The minimum absolute atomic E-state index is 0. The maximum Gasteiger partial charge on any atom is 0.410 e. The van der Waals surface area contributed by atoms with Crippen LogP contribution in [-0.2, 0) is 41.5 Å². The van der Waals surface area contributed by atoms with Crippen molar-refractivity contribution in [2.24, 2.45) is 0 Å². The first-order valence-electron chi connectivity index (χ1n) is 20.0. The molecule has 2 saturated heterocycles. The number of hydrogen-bond donors (Lipinski definition) is 1. The van der Waals surface area contributed by atoms with Crippen LogP contribution >= 0.6 is 22.6 Å². The van der Waals surface area contributed by atoms with E-state index in [-0.39, 0.29) is 45.4 Å². The van der Waals surface area contributed by atoms with Crippen LogP contribution in [0, 0.1) is 13.8 Å². The summed E-state index contributed by atoms with van der Waals surface area (Å²) in [5, 5.41) is 10.1. The number of rotatable bonds is 9. The number of phenolic OH excluding ortho intramolecular Hbond substituents is 1. The summed E-state index contributed by atoms with van der Waals surface area (Å²) in [6, 6.07) is 8.45. The molecule has 15 heteroatoms. The molecule has 2 aromatic rings. The molecule has 348 valence electrons. The first-order valence-corrected chi connectivity index (χ1v) is 22.2. The van der Waals surface area contributed by atoms with Crippen LogP contribution < -0.4 is 14.5 Å². The predicted molar refractivity (Wildman–Crippen MR) is 251 cm³/mol. The van der Waals surface area contributed by atoms with Gasteiger partial charge in [0.05, 0.1) is 7.11 Å². The third-order valence-corrected chi connectivity index (χ3v) is 9.74. The number of hydrogen-bond acceptors (Lipinski definition) is 12. The van der Waals surface area contributed by atoms with Crippen LogP contribution in [0.5, 0.6) is 11.5 Å². The van der Waals surface area contributed by atoms with Crippen LogP contribution in [0.4, 0.5) is 21.0 Å². The van der Waals surface area contributed by atoms with E-state index in [0.29, 0.717) is 31.4 Å². The molecule has 0 radical (unpaired) electrons. The number of carbonyl (C=O) groups is 2. The van der Waals surface area contributed by atoms with Crippen molar-refractivity contribution >= 4 is 58.5 Å². The number of alkyl halides is 1. The number of halogens is 1. The summed E-state index contributed by atoms with van der Waals surface area (Å²) in [5.41, 5.74) is 6.31. The molecule has 2 atom stereocenters. The molecule has 61 heavy (non-hydrogen) atoms. The number of amides is 2. The zero-order valence-electron chi connectivity index (χ0n) is 37.8. The van der Waals surface area contributed by atoms with E-state index in [4.69, 9.17) is 33.4 Å². The molecule has 0 aliphatic carbocycles. The fraction of sp³-hybridized carbons (Fsp3) is 0.652. The second-order valence-electron chi connectivity index (χ2n) is 15.9. The average molecular weight is 973 g/mol. The highest BCUT2D eigenvalue weighted by Crippen LogP contribution is 2.34. The zero-order valence-corrected chi connectivity index (χ0v) is 40.0. The molecule has 1 N–H and O–H groups in total. The summed E-state index contributed by atoms with van der Waals surface area (Å²) in [6.45, 7) is 28.7. The SMILES string of the molecule is C.C.CCc1cc(O)cc(N(CC)C2CCN(C(=O)OC(C)(C)C)C2)c1C.CCc1cc(OC)cc(N(CC)C2CCN(C(=O)OC(C)(C)C)C2)c1C.CI.O=C=O.O=C=O. The Bertz CT molecular complexity index is 1670. The molecule has 14 nitrogen and oxygen atoms in total. The molecule has 2 aliphatic rings. The number of ether oxygens (including phenoxy) is 3. The molecular weight excluding hydrogens is 895 g/mol. The number of aryl methyl sites for hydroxylation is 2. The molecule has 2 aromatic carbocycles. The first-order chi connectivity index (χ1) is 27.7. The fourth-order valence-corrected chi connectivity index (χ4v) is 7.15. The quantitative estimate of drug-likeness (QED) is 0.187. The number of nitrogens with zero attached hydrogens (tertiary/aromatic N) is 4. The number of likely N-dealkylation sites (tertiary alicyclic amines) is 2. The number of carbonyl (C=O) groups excluding carboxylic acids is 6. The predicted octanol–water partition coefficient (Wildman–Crippen LogP) is 9.66. The van der Waals surface area contributed by atoms with Crippen molar-refractivity contribution < 1.29 is 48.1 Å². The Hall–Kier alpha value is -4.33. The molecule has 2 unspecified atom stereocenters. The fourth-order valence-electron chi connectivity index (χ4n) is 7.15. The number of aromatic hydroxyl groups is 1. The summed E-state index contributed by atoms with van der Waals surface area (Å²) in [5.74, 6) is 1.20. The summed E-state index contributed by atoms with van der Waals surface area (Å²) in [6.07, 6.45) is 3.76. The Kier molecular flexibility index (Phi) is 29.8. The van der Waals surface area contributed by atoms with Gasteiger partial charge >= 0.3 is 24.5 Å². The summed E-state index contributed by atoms with van der Waals surface area (Å²) < 4.78 is 16.5. The normalized spacial score (nSPS) is 15.0. The third kappa shape index (κ3) is 19.9. The van der Waals surface area contributed by atoms with Gasteiger partial charge in [-0.05, 0) is 134 Å². The minimum Gasteiger partial charge on any atom is -0.508 e. The summed E-state index contributed by atoms with van der Waals surface area (Å²) >= 11 is 2.15. The highest BCUT2D eigenvalue weighted by molar-refractivity contribution is 14.1. The Morgan fingerprint density at radius 3 is 1.36 bits per heavy atom. The van der Waals surface area contributed by atoms with Gasteiger partial charge in [0.2, 0.25) is 0 Å². The Morgan fingerprint density at radius 2 is 1.05 bits per heavy atom. The smallest absolute Gasteiger partial charge is 0.410 e. The molecule has 0 aromatic heterocycles. The minimum atomic E-state index is -0.475. The Morgan fingerprint density at radius 1 is 0.705 bits per heavy atom. The van der Waals surface area contributed by atoms with E-state index in [9.17, 15) is 14.7 Å². The van der Waals surface area contributed by atoms with Crippen LogP contribution in [0.25, 0.3) is 0 Å². The van der Waals surface area contributed by atoms with E-state index in [1.165, 1.54) is 22.4 Å². The van der Waals surface area contributed by atoms with E-state index in [1.54, 1.807) is 12.0 Å². The van der Waals surface area contributed by atoms with Gasteiger partial charge in [-0.1, -0.05) is 51.3 Å². The van der Waals surface area contributed by atoms with Crippen molar-refractivity contribution in [1.82, 2.24) is 9.80 Å². The van der Waals surface area contributed by atoms with Gasteiger partial charge in [0.25, 0.3) is 0 Å². The lowest BCUT2D eigenvalue weighted by atomic mass is 10.0. The summed E-state index contributed by atoms with van der Waals surface area (Å²) in [4.78, 5) is 67.5. The topological polar surface area (TPSA) is 163 Å². The second kappa shape index (κ2) is 29.8. The third-order valence-electron chi connectivity index (χ3n) is 9.74. The van der Waals surface area contributed by atoms with Gasteiger partial charge in [-0.15, -0.1) is 0 Å². The number of benzene rings is 2. The van der Waals surface area contributed by atoms with Crippen molar-refractivity contribution in [3.05, 3.63) is 46.5 Å². The first kappa shape index (κ1) is 61.0. The molecule has 0 bridgehead atoms. The van der Waals surface area contributed by atoms with E-state index in [2.05, 4.69) is 86.1 Å². The highest BCUT2D eigenvalue weighted by Gasteiger charge is 2.35. The van der Waals surface area contributed by atoms with Crippen molar-refractivity contribution in [3.63, 3.8) is 0 Å². The number of methoxy groups -OCH3 is 1. The molecule has 2 fully saturated rings. The maximum atomic E-state index is 12.4. The molecule has 2 heterocycles. The standard InChI is InChI=1S/C21H34N2O3.C20H32N2O3.CH3I.2CO2.2CH4/c1-8-16-12-18(25-7)13-19(15(16)3)23(9-2)17-10-11-22(14-17)20(24)26-21(4,5)6;1-7-15-11-17(23)12-18(14(15)3)22(8-2)16-9-10-21(13-16)19(24)25-20(4,5)6;1-2;2*2-1-3;;/h12-13,17H,8-11,14H2,1-7H3;11-12,16,23H,7-10,13H2,1-6H3;1H3;;;2*1H4. The van der Waals surface area contributed by atoms with E-state index in [0.717, 1.165) is 62.3 Å². The molecule has 2 aliphatic heterocycles. The van der Waals surface area contributed by atoms with Crippen molar-refractivity contribution in [3.8, 4) is 11.5 Å². The lowest BCUT2D eigenvalue weighted by Gasteiger charge is -2.32. The Balaban J connectivity index is -0.000000916. The van der Waals surface area contributed by atoms with E-state index < -0.39 is 11.2 Å². The van der Waals surface area contributed by atoms with Crippen molar-refractivity contribution in [2.45, 2.75) is 147 Å². The molecule has 4 rings (SSSR count).